The normalized spacial score (nSPS) is 19.0. The van der Waals surface area contributed by atoms with E-state index in [1.54, 1.807) is 6.07 Å². The summed E-state index contributed by atoms with van der Waals surface area (Å²) in [5.41, 5.74) is 0.355. The number of aliphatic carboxylic acids is 1. The molecule has 0 amide bonds. The number of nitrogens with zero attached hydrogens (tertiary/aromatic N) is 3. The second-order valence-electron chi connectivity index (χ2n) is 5.64. The molecule has 0 aliphatic carbocycles. The fraction of sp³-hybridized carbons (Fsp3) is 0.375. The smallest absolute Gasteiger partial charge is 0.320 e. The Hall–Kier alpha value is -2.28. The molecule has 0 saturated carbocycles. The van der Waals surface area contributed by atoms with Gasteiger partial charge in [0.05, 0.1) is 5.69 Å². The first-order valence-corrected chi connectivity index (χ1v) is 7.52. The fourth-order valence-electron chi connectivity index (χ4n) is 2.95. The Morgan fingerprint density at radius 1 is 1.26 bits per heavy atom. The van der Waals surface area contributed by atoms with Crippen molar-refractivity contribution in [1.82, 2.24) is 14.7 Å². The summed E-state index contributed by atoms with van der Waals surface area (Å²) >= 11 is 0. The minimum atomic E-state index is -0.843. The van der Waals surface area contributed by atoms with E-state index in [1.165, 1.54) is 24.4 Å². The van der Waals surface area contributed by atoms with Crippen molar-refractivity contribution < 1.29 is 18.7 Å². The Morgan fingerprint density at radius 3 is 2.70 bits per heavy atom. The van der Waals surface area contributed by atoms with Crippen molar-refractivity contribution in [2.24, 2.45) is 0 Å². The highest BCUT2D eigenvalue weighted by atomic mass is 19.1. The summed E-state index contributed by atoms with van der Waals surface area (Å²) in [7, 11) is 0. The maximum atomic E-state index is 13.8. The van der Waals surface area contributed by atoms with Crippen LogP contribution in [0.2, 0.25) is 0 Å². The Bertz CT molecular complexity index is 697. The lowest BCUT2D eigenvalue weighted by atomic mass is 10.0. The number of halogens is 2. The van der Waals surface area contributed by atoms with Crippen molar-refractivity contribution in [2.75, 3.05) is 6.54 Å². The van der Waals surface area contributed by atoms with Crippen LogP contribution in [0.4, 0.5) is 8.78 Å². The standard InChI is InChI=1S/C16H17F2N3O2/c17-12-4-3-5-13(18)15(12)21-9-7-11(19-21)10-20-8-2-1-6-14(20)16(22)23/h3-5,7,9,14H,1-2,6,8,10H2,(H,22,23). The maximum Gasteiger partial charge on any atom is 0.320 e. The van der Waals surface area contributed by atoms with E-state index >= 15 is 0 Å². The fourth-order valence-corrected chi connectivity index (χ4v) is 2.95. The second-order valence-corrected chi connectivity index (χ2v) is 5.64. The van der Waals surface area contributed by atoms with Crippen LogP contribution in [0.3, 0.4) is 0 Å². The first-order chi connectivity index (χ1) is 11.1. The van der Waals surface area contributed by atoms with Gasteiger partial charge in [-0.25, -0.2) is 13.5 Å². The van der Waals surface area contributed by atoms with E-state index < -0.39 is 23.6 Å². The molecule has 0 radical (unpaired) electrons. The molecule has 0 bridgehead atoms. The molecule has 1 aliphatic heterocycles. The summed E-state index contributed by atoms with van der Waals surface area (Å²) in [6.45, 7) is 1.03. The lowest BCUT2D eigenvalue weighted by Crippen LogP contribution is -2.44. The molecule has 1 unspecified atom stereocenters. The summed E-state index contributed by atoms with van der Waals surface area (Å²) < 4.78 is 28.7. The number of carboxylic acids is 1. The van der Waals surface area contributed by atoms with Gasteiger partial charge in [0.25, 0.3) is 0 Å². The van der Waals surface area contributed by atoms with Gasteiger partial charge in [0.1, 0.15) is 11.7 Å². The molecule has 1 aliphatic rings. The van der Waals surface area contributed by atoms with Crippen LogP contribution in [-0.4, -0.2) is 38.3 Å². The zero-order valence-electron chi connectivity index (χ0n) is 12.5. The number of aromatic nitrogens is 2. The minimum absolute atomic E-state index is 0.229. The van der Waals surface area contributed by atoms with E-state index in [9.17, 15) is 18.7 Å². The number of benzene rings is 1. The minimum Gasteiger partial charge on any atom is -0.480 e. The van der Waals surface area contributed by atoms with Gasteiger partial charge < -0.3 is 5.11 Å². The highest BCUT2D eigenvalue weighted by molar-refractivity contribution is 5.73. The van der Waals surface area contributed by atoms with Gasteiger partial charge in [-0.3, -0.25) is 9.69 Å². The predicted octanol–water partition coefficient (Wildman–Crippen LogP) is 2.59. The maximum absolute atomic E-state index is 13.8. The molecule has 3 rings (SSSR count). The average Bonchev–Trinajstić information content (AvgIpc) is 2.95. The summed E-state index contributed by atoms with van der Waals surface area (Å²) in [4.78, 5) is 13.1. The van der Waals surface area contributed by atoms with E-state index in [2.05, 4.69) is 5.10 Å². The van der Waals surface area contributed by atoms with Crippen molar-refractivity contribution in [3.63, 3.8) is 0 Å². The van der Waals surface area contributed by atoms with Crippen molar-refractivity contribution in [3.8, 4) is 5.69 Å². The van der Waals surface area contributed by atoms with Crippen LogP contribution in [0.25, 0.3) is 5.69 Å². The van der Waals surface area contributed by atoms with Crippen molar-refractivity contribution >= 4 is 5.97 Å². The summed E-state index contributed by atoms with van der Waals surface area (Å²) in [6.07, 6.45) is 3.92. The molecule has 1 fully saturated rings. The van der Waals surface area contributed by atoms with Gasteiger partial charge in [-0.15, -0.1) is 0 Å². The molecule has 1 aromatic carbocycles. The number of hydrogen-bond donors (Lipinski definition) is 1. The molecule has 2 heterocycles. The Balaban J connectivity index is 1.81. The first-order valence-electron chi connectivity index (χ1n) is 7.52. The molecule has 5 nitrogen and oxygen atoms in total. The van der Waals surface area contributed by atoms with E-state index in [0.717, 1.165) is 17.5 Å². The molecule has 23 heavy (non-hydrogen) atoms. The lowest BCUT2D eigenvalue weighted by molar-refractivity contribution is -0.144. The van der Waals surface area contributed by atoms with Gasteiger partial charge in [-0.1, -0.05) is 12.5 Å². The summed E-state index contributed by atoms with van der Waals surface area (Å²) in [5, 5.41) is 13.5. The number of carboxylic acid groups (broad SMARTS) is 1. The highest BCUT2D eigenvalue weighted by Crippen LogP contribution is 2.21. The van der Waals surface area contributed by atoms with Crippen molar-refractivity contribution in [2.45, 2.75) is 31.8 Å². The van der Waals surface area contributed by atoms with Gasteiger partial charge >= 0.3 is 5.97 Å². The molecule has 0 spiro atoms. The van der Waals surface area contributed by atoms with Gasteiger partial charge in [0.2, 0.25) is 0 Å². The molecule has 1 N–H and O–H groups in total. The molecule has 122 valence electrons. The molecule has 1 atom stereocenters. The molecule has 2 aromatic rings. The van der Waals surface area contributed by atoms with Crippen LogP contribution >= 0.6 is 0 Å². The van der Waals surface area contributed by atoms with Crippen LogP contribution in [0, 0.1) is 11.6 Å². The number of likely N-dealkylation sites (tertiary alicyclic amines) is 1. The molecular formula is C16H17F2N3O2. The first kappa shape index (κ1) is 15.6. The van der Waals surface area contributed by atoms with Crippen molar-refractivity contribution in [1.29, 1.82) is 0 Å². The third kappa shape index (κ3) is 3.24. The Labute approximate surface area is 132 Å². The van der Waals surface area contributed by atoms with Gasteiger partial charge in [0.15, 0.2) is 11.6 Å². The van der Waals surface area contributed by atoms with Crippen LogP contribution in [-0.2, 0) is 11.3 Å². The van der Waals surface area contributed by atoms with Gasteiger partial charge in [0, 0.05) is 12.7 Å². The monoisotopic (exact) mass is 321 g/mol. The van der Waals surface area contributed by atoms with E-state index in [-0.39, 0.29) is 5.69 Å². The van der Waals surface area contributed by atoms with E-state index in [1.807, 2.05) is 4.90 Å². The Morgan fingerprint density at radius 2 is 2.00 bits per heavy atom. The van der Waals surface area contributed by atoms with E-state index in [0.29, 0.717) is 25.2 Å². The van der Waals surface area contributed by atoms with Crippen LogP contribution < -0.4 is 0 Å². The summed E-state index contributed by atoms with van der Waals surface area (Å²) in [5.74, 6) is -2.23. The van der Waals surface area contributed by atoms with Crippen LogP contribution in [0.15, 0.2) is 30.5 Å². The number of carbonyl (C=O) groups is 1. The molecule has 1 aromatic heterocycles. The Kier molecular flexibility index (Phi) is 4.38. The highest BCUT2D eigenvalue weighted by Gasteiger charge is 2.28. The van der Waals surface area contributed by atoms with Gasteiger partial charge in [-0.05, 0) is 37.6 Å². The quantitative estimate of drug-likeness (QED) is 0.940. The lowest BCUT2D eigenvalue weighted by Gasteiger charge is -2.32. The third-order valence-corrected chi connectivity index (χ3v) is 4.07. The van der Waals surface area contributed by atoms with E-state index in [4.69, 9.17) is 0 Å². The largest absolute Gasteiger partial charge is 0.480 e. The average molecular weight is 321 g/mol. The number of piperidine rings is 1. The second kappa shape index (κ2) is 6.45. The zero-order valence-corrected chi connectivity index (χ0v) is 12.5. The number of para-hydroxylation sites is 1. The topological polar surface area (TPSA) is 58.4 Å². The zero-order chi connectivity index (χ0) is 16.4. The number of hydrogen-bond acceptors (Lipinski definition) is 3. The summed E-state index contributed by atoms with van der Waals surface area (Å²) in [6, 6.07) is 4.76. The molecular weight excluding hydrogens is 304 g/mol. The van der Waals surface area contributed by atoms with Crippen LogP contribution in [0.1, 0.15) is 25.0 Å². The van der Waals surface area contributed by atoms with Crippen LogP contribution in [0.5, 0.6) is 0 Å². The molecule has 1 saturated heterocycles. The SMILES string of the molecule is O=C(O)C1CCCCN1Cc1ccn(-c2c(F)cccc2F)n1. The van der Waals surface area contributed by atoms with Crippen molar-refractivity contribution in [3.05, 3.63) is 47.8 Å². The third-order valence-electron chi connectivity index (χ3n) is 4.07. The molecule has 7 heteroatoms. The van der Waals surface area contributed by atoms with Gasteiger partial charge in [-0.2, -0.15) is 5.10 Å². The predicted molar refractivity (Wildman–Crippen MR) is 79.2 cm³/mol. The number of rotatable bonds is 4.